The minimum Gasteiger partial charge on any atom is -0.387 e. The van der Waals surface area contributed by atoms with Crippen molar-refractivity contribution < 1.29 is 8.42 Å². The van der Waals surface area contributed by atoms with Crippen LogP contribution < -0.4 is 5.73 Å². The number of piperazine rings is 1. The van der Waals surface area contributed by atoms with E-state index in [2.05, 4.69) is 0 Å². The van der Waals surface area contributed by atoms with Crippen molar-refractivity contribution in [2.75, 3.05) is 32.7 Å². The Labute approximate surface area is 126 Å². The number of hydrogen-bond donors (Lipinski definition) is 2. The summed E-state index contributed by atoms with van der Waals surface area (Å²) < 4.78 is 26.9. The van der Waals surface area contributed by atoms with Gasteiger partial charge in [0.15, 0.2) is 0 Å². The zero-order valence-electron chi connectivity index (χ0n) is 12.5. The first-order chi connectivity index (χ1) is 9.80. The second kappa shape index (κ2) is 6.13. The minimum atomic E-state index is -3.44. The van der Waals surface area contributed by atoms with Crippen LogP contribution in [0.2, 0.25) is 0 Å². The van der Waals surface area contributed by atoms with E-state index in [4.69, 9.17) is 11.1 Å². The van der Waals surface area contributed by atoms with Crippen LogP contribution in [0.5, 0.6) is 0 Å². The van der Waals surface area contributed by atoms with Crippen LogP contribution in [-0.2, 0) is 10.0 Å². The maximum atomic E-state index is 12.7. The lowest BCUT2D eigenvalue weighted by Crippen LogP contribution is -2.50. The normalized spacial score (nSPS) is 17.8. The van der Waals surface area contributed by atoms with Gasteiger partial charge in [-0.2, -0.15) is 4.31 Å². The number of rotatable bonds is 4. The molecule has 0 atom stereocenters. The summed E-state index contributed by atoms with van der Waals surface area (Å²) in [6.07, 6.45) is 0. The number of nitrogens with zero attached hydrogens (tertiary/aromatic N) is 2. The molecule has 1 fully saturated rings. The van der Waals surface area contributed by atoms with Gasteiger partial charge in [-0.25, -0.2) is 8.42 Å². The molecule has 0 aliphatic carbocycles. The number of sulfonamides is 1. The Morgan fingerprint density at radius 2 is 1.86 bits per heavy atom. The molecule has 0 unspecified atom stereocenters. The first-order valence-corrected chi connectivity index (χ1v) is 8.37. The lowest BCUT2D eigenvalue weighted by molar-refractivity contribution is 0.208. The number of hydrogen-bond acceptors (Lipinski definition) is 4. The first kappa shape index (κ1) is 15.9. The molecule has 0 bridgehead atoms. The standard InChI is InChI=1S/C14H22N4O2S/c1-11-3-4-13(12(2)9-11)21(19,20)18-7-5-17(6-8-18)10-14(15)16/h3-4,9H,5-8,10H2,1-2H3,(H3,15,16). The summed E-state index contributed by atoms with van der Waals surface area (Å²) in [7, 11) is -3.44. The summed E-state index contributed by atoms with van der Waals surface area (Å²) in [6.45, 7) is 6.24. The lowest BCUT2D eigenvalue weighted by Gasteiger charge is -2.33. The molecule has 3 N–H and O–H groups in total. The zero-order valence-corrected chi connectivity index (χ0v) is 13.3. The van der Waals surface area contributed by atoms with E-state index in [0.29, 0.717) is 37.6 Å². The van der Waals surface area contributed by atoms with Gasteiger partial charge in [-0.1, -0.05) is 17.7 Å². The Bertz CT molecular complexity index is 634. The van der Waals surface area contributed by atoms with Crippen molar-refractivity contribution in [2.24, 2.45) is 5.73 Å². The summed E-state index contributed by atoms with van der Waals surface area (Å²) in [4.78, 5) is 2.38. The fraction of sp³-hybridized carbons (Fsp3) is 0.500. The van der Waals surface area contributed by atoms with Crippen LogP contribution in [0.4, 0.5) is 0 Å². The van der Waals surface area contributed by atoms with E-state index < -0.39 is 10.0 Å². The second-order valence-electron chi connectivity index (χ2n) is 5.47. The van der Waals surface area contributed by atoms with E-state index in [1.807, 2.05) is 30.9 Å². The van der Waals surface area contributed by atoms with Gasteiger partial charge in [-0.3, -0.25) is 10.3 Å². The predicted molar refractivity (Wildman–Crippen MR) is 83.0 cm³/mol. The number of amidine groups is 1. The molecule has 0 spiro atoms. The van der Waals surface area contributed by atoms with E-state index in [-0.39, 0.29) is 5.84 Å². The maximum Gasteiger partial charge on any atom is 0.243 e. The highest BCUT2D eigenvalue weighted by Crippen LogP contribution is 2.22. The summed E-state index contributed by atoms with van der Waals surface area (Å²) in [5.41, 5.74) is 7.21. The summed E-state index contributed by atoms with van der Waals surface area (Å²) >= 11 is 0. The van der Waals surface area contributed by atoms with E-state index in [1.165, 1.54) is 4.31 Å². The molecule has 0 aromatic heterocycles. The van der Waals surface area contributed by atoms with Crippen LogP contribution in [0.15, 0.2) is 23.1 Å². The van der Waals surface area contributed by atoms with Crippen LogP contribution in [-0.4, -0.2) is 56.2 Å². The molecule has 116 valence electrons. The molecule has 0 radical (unpaired) electrons. The summed E-state index contributed by atoms with van der Waals surface area (Å²) in [5, 5.41) is 7.29. The highest BCUT2D eigenvalue weighted by atomic mass is 32.2. The Hall–Kier alpha value is -1.44. The third-order valence-electron chi connectivity index (χ3n) is 3.67. The second-order valence-corrected chi connectivity index (χ2v) is 7.38. The monoisotopic (exact) mass is 310 g/mol. The van der Waals surface area contributed by atoms with Crippen molar-refractivity contribution >= 4 is 15.9 Å². The minimum absolute atomic E-state index is 0.112. The Morgan fingerprint density at radius 3 is 2.38 bits per heavy atom. The van der Waals surface area contributed by atoms with Gasteiger partial charge in [0.1, 0.15) is 5.84 Å². The van der Waals surface area contributed by atoms with Crippen molar-refractivity contribution in [2.45, 2.75) is 18.7 Å². The topological polar surface area (TPSA) is 90.5 Å². The lowest BCUT2D eigenvalue weighted by atomic mass is 10.2. The number of benzene rings is 1. The smallest absolute Gasteiger partial charge is 0.243 e. The quantitative estimate of drug-likeness (QED) is 0.627. The van der Waals surface area contributed by atoms with Gasteiger partial charge in [0.05, 0.1) is 11.4 Å². The molecule has 1 aromatic carbocycles. The SMILES string of the molecule is Cc1ccc(S(=O)(=O)N2CCN(CC(=N)N)CC2)c(C)c1. The van der Waals surface area contributed by atoms with Crippen LogP contribution in [0.1, 0.15) is 11.1 Å². The van der Waals surface area contributed by atoms with Crippen molar-refractivity contribution in [3.63, 3.8) is 0 Å². The third kappa shape index (κ3) is 3.61. The van der Waals surface area contributed by atoms with Gasteiger partial charge < -0.3 is 5.73 Å². The van der Waals surface area contributed by atoms with Crippen LogP contribution in [0.3, 0.4) is 0 Å². The van der Waals surface area contributed by atoms with Gasteiger partial charge in [0, 0.05) is 26.2 Å². The van der Waals surface area contributed by atoms with E-state index in [9.17, 15) is 8.42 Å². The number of aryl methyl sites for hydroxylation is 2. The Morgan fingerprint density at radius 1 is 1.24 bits per heavy atom. The fourth-order valence-corrected chi connectivity index (χ4v) is 4.22. The highest BCUT2D eigenvalue weighted by Gasteiger charge is 2.29. The molecule has 0 amide bonds. The maximum absolute atomic E-state index is 12.7. The van der Waals surface area contributed by atoms with Crippen LogP contribution in [0, 0.1) is 19.3 Å². The number of nitrogens with two attached hydrogens (primary N) is 1. The highest BCUT2D eigenvalue weighted by molar-refractivity contribution is 7.89. The van der Waals surface area contributed by atoms with Crippen molar-refractivity contribution in [3.8, 4) is 0 Å². The molecule has 21 heavy (non-hydrogen) atoms. The van der Waals surface area contributed by atoms with Gasteiger partial charge >= 0.3 is 0 Å². The molecule has 1 aromatic rings. The molecule has 1 saturated heterocycles. The van der Waals surface area contributed by atoms with Crippen molar-refractivity contribution in [1.82, 2.24) is 9.21 Å². The van der Waals surface area contributed by atoms with E-state index in [0.717, 1.165) is 11.1 Å². The molecule has 1 aliphatic heterocycles. The molecular formula is C14H22N4O2S. The molecular weight excluding hydrogens is 288 g/mol. The van der Waals surface area contributed by atoms with E-state index in [1.54, 1.807) is 6.07 Å². The molecule has 1 aliphatic rings. The van der Waals surface area contributed by atoms with Gasteiger partial charge in [-0.05, 0) is 25.5 Å². The number of nitrogens with one attached hydrogen (secondary N) is 1. The largest absolute Gasteiger partial charge is 0.387 e. The van der Waals surface area contributed by atoms with Crippen molar-refractivity contribution in [3.05, 3.63) is 29.3 Å². The molecule has 6 nitrogen and oxygen atoms in total. The molecule has 2 rings (SSSR count). The average molecular weight is 310 g/mol. The van der Waals surface area contributed by atoms with Gasteiger partial charge in [0.25, 0.3) is 0 Å². The fourth-order valence-electron chi connectivity index (χ4n) is 2.60. The van der Waals surface area contributed by atoms with Crippen LogP contribution >= 0.6 is 0 Å². The Balaban J connectivity index is 2.13. The predicted octanol–water partition coefficient (Wildman–Crippen LogP) is 0.546. The van der Waals surface area contributed by atoms with E-state index >= 15 is 0 Å². The first-order valence-electron chi connectivity index (χ1n) is 6.93. The van der Waals surface area contributed by atoms with Gasteiger partial charge in [0.2, 0.25) is 10.0 Å². The van der Waals surface area contributed by atoms with Crippen LogP contribution in [0.25, 0.3) is 0 Å². The third-order valence-corrected chi connectivity index (χ3v) is 5.73. The molecule has 1 heterocycles. The van der Waals surface area contributed by atoms with Gasteiger partial charge in [-0.15, -0.1) is 0 Å². The zero-order chi connectivity index (χ0) is 15.6. The summed E-state index contributed by atoms with van der Waals surface area (Å²) in [6, 6.07) is 5.40. The van der Waals surface area contributed by atoms with Crippen molar-refractivity contribution in [1.29, 1.82) is 5.41 Å². The molecule has 0 saturated carbocycles. The average Bonchev–Trinajstić information content (AvgIpc) is 2.38. The summed E-state index contributed by atoms with van der Waals surface area (Å²) in [5.74, 6) is 0.112. The Kier molecular flexibility index (Phi) is 4.65. The molecule has 7 heteroatoms.